The van der Waals surface area contributed by atoms with Gasteiger partial charge in [-0.15, -0.1) is 0 Å². The molecule has 0 aromatic rings. The van der Waals surface area contributed by atoms with Crippen LogP contribution in [0.4, 0.5) is 0 Å². The standard InChI is InChI=1S/C10H20N2/c1-4-6-9(3)12-10(5-2)7-8-11/h9-10,12H,4-7H2,1-3H3. The summed E-state index contributed by atoms with van der Waals surface area (Å²) in [6, 6.07) is 3.14. The van der Waals surface area contributed by atoms with Crippen molar-refractivity contribution < 1.29 is 0 Å². The van der Waals surface area contributed by atoms with E-state index in [4.69, 9.17) is 5.26 Å². The number of hydrogen-bond acceptors (Lipinski definition) is 2. The summed E-state index contributed by atoms with van der Waals surface area (Å²) >= 11 is 0. The Hall–Kier alpha value is -0.550. The third kappa shape index (κ3) is 5.15. The van der Waals surface area contributed by atoms with Gasteiger partial charge < -0.3 is 5.32 Å². The van der Waals surface area contributed by atoms with Crippen LogP contribution in [0, 0.1) is 11.3 Å². The van der Waals surface area contributed by atoms with Gasteiger partial charge in [-0.2, -0.15) is 5.26 Å². The molecule has 0 aliphatic rings. The van der Waals surface area contributed by atoms with E-state index in [2.05, 4.69) is 32.2 Å². The van der Waals surface area contributed by atoms with E-state index >= 15 is 0 Å². The molecule has 0 saturated heterocycles. The molecule has 0 aromatic carbocycles. The van der Waals surface area contributed by atoms with Crippen LogP contribution in [0.3, 0.4) is 0 Å². The fourth-order valence-electron chi connectivity index (χ4n) is 1.35. The maximum Gasteiger partial charge on any atom is 0.0638 e. The first-order valence-electron chi connectivity index (χ1n) is 4.87. The van der Waals surface area contributed by atoms with E-state index in [0.29, 0.717) is 18.5 Å². The van der Waals surface area contributed by atoms with Crippen molar-refractivity contribution >= 4 is 0 Å². The zero-order valence-corrected chi connectivity index (χ0v) is 8.43. The Bertz CT molecular complexity index is 137. The average Bonchev–Trinajstić information content (AvgIpc) is 2.04. The average molecular weight is 168 g/mol. The van der Waals surface area contributed by atoms with Gasteiger partial charge in [0, 0.05) is 12.1 Å². The van der Waals surface area contributed by atoms with Gasteiger partial charge in [0.25, 0.3) is 0 Å². The maximum atomic E-state index is 8.52. The highest BCUT2D eigenvalue weighted by Gasteiger charge is 2.08. The third-order valence-electron chi connectivity index (χ3n) is 2.07. The highest BCUT2D eigenvalue weighted by Crippen LogP contribution is 2.01. The molecule has 0 spiro atoms. The number of rotatable bonds is 6. The van der Waals surface area contributed by atoms with E-state index in [9.17, 15) is 0 Å². The Morgan fingerprint density at radius 1 is 1.42 bits per heavy atom. The largest absolute Gasteiger partial charge is 0.310 e. The molecule has 2 nitrogen and oxygen atoms in total. The molecular formula is C10H20N2. The van der Waals surface area contributed by atoms with Gasteiger partial charge in [0.2, 0.25) is 0 Å². The minimum Gasteiger partial charge on any atom is -0.310 e. The first-order valence-corrected chi connectivity index (χ1v) is 4.87. The summed E-state index contributed by atoms with van der Waals surface area (Å²) in [6.45, 7) is 6.49. The zero-order chi connectivity index (χ0) is 9.40. The van der Waals surface area contributed by atoms with Crippen LogP contribution in [0.15, 0.2) is 0 Å². The van der Waals surface area contributed by atoms with Crippen LogP contribution in [-0.2, 0) is 0 Å². The summed E-state index contributed by atoms with van der Waals surface area (Å²) in [5.41, 5.74) is 0. The Balaban J connectivity index is 3.62. The first-order chi connectivity index (χ1) is 5.74. The van der Waals surface area contributed by atoms with Crippen molar-refractivity contribution in [1.82, 2.24) is 5.32 Å². The monoisotopic (exact) mass is 168 g/mol. The lowest BCUT2D eigenvalue weighted by Crippen LogP contribution is -2.35. The van der Waals surface area contributed by atoms with E-state index in [0.717, 1.165) is 6.42 Å². The summed E-state index contributed by atoms with van der Waals surface area (Å²) in [7, 11) is 0. The van der Waals surface area contributed by atoms with Crippen LogP contribution in [0.1, 0.15) is 46.5 Å². The Labute approximate surface area is 76.0 Å². The quantitative estimate of drug-likeness (QED) is 0.661. The Kier molecular flexibility index (Phi) is 6.79. The number of hydrogen-bond donors (Lipinski definition) is 1. The molecule has 0 rings (SSSR count). The van der Waals surface area contributed by atoms with Gasteiger partial charge in [-0.3, -0.25) is 0 Å². The van der Waals surface area contributed by atoms with E-state index in [1.54, 1.807) is 0 Å². The van der Waals surface area contributed by atoms with Gasteiger partial charge >= 0.3 is 0 Å². The van der Waals surface area contributed by atoms with Gasteiger partial charge in [-0.1, -0.05) is 20.3 Å². The van der Waals surface area contributed by atoms with Gasteiger partial charge in [-0.05, 0) is 19.8 Å². The van der Waals surface area contributed by atoms with Gasteiger partial charge in [0.1, 0.15) is 0 Å². The minimum atomic E-state index is 0.386. The molecule has 0 aliphatic heterocycles. The van der Waals surface area contributed by atoms with Gasteiger partial charge in [0.05, 0.1) is 12.5 Å². The second kappa shape index (κ2) is 7.12. The highest BCUT2D eigenvalue weighted by molar-refractivity contribution is 4.81. The van der Waals surface area contributed by atoms with Crippen molar-refractivity contribution in [1.29, 1.82) is 5.26 Å². The Morgan fingerprint density at radius 3 is 2.50 bits per heavy atom. The molecule has 0 aliphatic carbocycles. The molecule has 1 N–H and O–H groups in total. The SMILES string of the molecule is CCCC(C)NC(CC)CC#N. The van der Waals surface area contributed by atoms with E-state index in [1.165, 1.54) is 12.8 Å². The van der Waals surface area contributed by atoms with Crippen molar-refractivity contribution in [2.24, 2.45) is 0 Å². The summed E-state index contributed by atoms with van der Waals surface area (Å²) in [5, 5.41) is 12.0. The smallest absolute Gasteiger partial charge is 0.0638 e. The summed E-state index contributed by atoms with van der Waals surface area (Å²) in [5.74, 6) is 0. The summed E-state index contributed by atoms with van der Waals surface area (Å²) in [6.07, 6.45) is 4.07. The Morgan fingerprint density at radius 2 is 2.08 bits per heavy atom. The van der Waals surface area contributed by atoms with Crippen LogP contribution in [0.5, 0.6) is 0 Å². The molecule has 2 heteroatoms. The zero-order valence-electron chi connectivity index (χ0n) is 8.43. The fourth-order valence-corrected chi connectivity index (χ4v) is 1.35. The lowest BCUT2D eigenvalue weighted by atomic mass is 10.1. The van der Waals surface area contributed by atoms with Crippen LogP contribution >= 0.6 is 0 Å². The lowest BCUT2D eigenvalue weighted by Gasteiger charge is -2.19. The van der Waals surface area contributed by atoms with Gasteiger partial charge in [0.15, 0.2) is 0 Å². The molecule has 70 valence electrons. The summed E-state index contributed by atoms with van der Waals surface area (Å²) < 4.78 is 0. The molecule has 0 radical (unpaired) electrons. The van der Waals surface area contributed by atoms with Crippen LogP contribution in [0.25, 0.3) is 0 Å². The van der Waals surface area contributed by atoms with Crippen molar-refractivity contribution in [2.75, 3.05) is 0 Å². The molecule has 0 aromatic heterocycles. The molecule has 12 heavy (non-hydrogen) atoms. The fraction of sp³-hybridized carbons (Fsp3) is 0.900. The van der Waals surface area contributed by atoms with E-state index < -0.39 is 0 Å². The van der Waals surface area contributed by atoms with E-state index in [1.807, 2.05) is 0 Å². The first kappa shape index (κ1) is 11.4. The van der Waals surface area contributed by atoms with Crippen molar-refractivity contribution in [3.63, 3.8) is 0 Å². The number of nitrogens with zero attached hydrogens (tertiary/aromatic N) is 1. The molecule has 0 saturated carbocycles. The summed E-state index contributed by atoms with van der Waals surface area (Å²) in [4.78, 5) is 0. The molecule has 0 fully saturated rings. The van der Waals surface area contributed by atoms with Crippen LogP contribution in [0.2, 0.25) is 0 Å². The van der Waals surface area contributed by atoms with E-state index in [-0.39, 0.29) is 0 Å². The van der Waals surface area contributed by atoms with Crippen LogP contribution < -0.4 is 5.32 Å². The molecular weight excluding hydrogens is 148 g/mol. The third-order valence-corrected chi connectivity index (χ3v) is 2.07. The highest BCUT2D eigenvalue weighted by atomic mass is 14.9. The minimum absolute atomic E-state index is 0.386. The number of nitrogens with one attached hydrogen (secondary N) is 1. The predicted molar refractivity (Wildman–Crippen MR) is 51.8 cm³/mol. The number of nitriles is 1. The second-order valence-corrected chi connectivity index (χ2v) is 3.32. The lowest BCUT2D eigenvalue weighted by molar-refractivity contribution is 0.419. The van der Waals surface area contributed by atoms with Gasteiger partial charge in [-0.25, -0.2) is 0 Å². The topological polar surface area (TPSA) is 35.8 Å². The maximum absolute atomic E-state index is 8.52. The van der Waals surface area contributed by atoms with Crippen molar-refractivity contribution in [3.8, 4) is 6.07 Å². The molecule has 0 heterocycles. The van der Waals surface area contributed by atoms with Crippen LogP contribution in [-0.4, -0.2) is 12.1 Å². The molecule has 0 amide bonds. The molecule has 2 atom stereocenters. The van der Waals surface area contributed by atoms with Crippen molar-refractivity contribution in [2.45, 2.75) is 58.5 Å². The second-order valence-electron chi connectivity index (χ2n) is 3.32. The molecule has 2 unspecified atom stereocenters. The molecule has 0 bridgehead atoms. The van der Waals surface area contributed by atoms with Crippen molar-refractivity contribution in [3.05, 3.63) is 0 Å². The normalized spacial score (nSPS) is 15.2. The predicted octanol–water partition coefficient (Wildman–Crippen LogP) is 2.46.